The third kappa shape index (κ3) is 3.27. The van der Waals surface area contributed by atoms with Gasteiger partial charge in [-0.15, -0.1) is 0 Å². The minimum absolute atomic E-state index is 0.0152. The summed E-state index contributed by atoms with van der Waals surface area (Å²) >= 11 is 0. The van der Waals surface area contributed by atoms with E-state index in [2.05, 4.69) is 5.32 Å². The monoisotopic (exact) mass is 337 g/mol. The van der Waals surface area contributed by atoms with E-state index in [9.17, 15) is 13.2 Å². The van der Waals surface area contributed by atoms with Crippen LogP contribution < -0.4 is 11.1 Å². The van der Waals surface area contributed by atoms with Crippen molar-refractivity contribution in [3.05, 3.63) is 23.8 Å². The molecule has 23 heavy (non-hydrogen) atoms. The van der Waals surface area contributed by atoms with E-state index in [1.807, 2.05) is 0 Å². The smallest absolute Gasteiger partial charge is 0.243 e. The molecule has 0 aliphatic carbocycles. The lowest BCUT2D eigenvalue weighted by molar-refractivity contribution is -0.116. The van der Waals surface area contributed by atoms with Crippen LogP contribution in [0.3, 0.4) is 0 Å². The number of hydrogen-bond acceptors (Lipinski definition) is 4. The van der Waals surface area contributed by atoms with Gasteiger partial charge in [0.2, 0.25) is 15.9 Å². The number of carbonyl (C=O) groups excluding carboxylic acids is 1. The van der Waals surface area contributed by atoms with Crippen LogP contribution in [0.4, 0.5) is 5.69 Å². The number of nitrogens with zero attached hydrogens (tertiary/aromatic N) is 1. The summed E-state index contributed by atoms with van der Waals surface area (Å²) in [6, 6.07) is 4.88. The molecule has 7 heteroatoms. The molecule has 3 rings (SSSR count). The Bertz CT molecular complexity index is 703. The summed E-state index contributed by atoms with van der Waals surface area (Å²) in [5.74, 6) is -0.0152. The Morgan fingerprint density at radius 2 is 2.04 bits per heavy atom. The Labute approximate surface area is 137 Å². The average molecular weight is 337 g/mol. The summed E-state index contributed by atoms with van der Waals surface area (Å²) in [4.78, 5) is 11.9. The molecular formula is C16H23N3O3S. The van der Waals surface area contributed by atoms with Gasteiger partial charge in [-0.25, -0.2) is 8.42 Å². The van der Waals surface area contributed by atoms with E-state index in [1.54, 1.807) is 22.5 Å². The van der Waals surface area contributed by atoms with Crippen LogP contribution in [-0.4, -0.2) is 37.8 Å². The predicted octanol–water partition coefficient (Wildman–Crippen LogP) is 1.46. The number of rotatable bonds is 3. The number of hydrogen-bond donors (Lipinski definition) is 2. The van der Waals surface area contributed by atoms with Crippen molar-refractivity contribution in [3.63, 3.8) is 0 Å². The fraction of sp³-hybridized carbons (Fsp3) is 0.562. The molecule has 126 valence electrons. The van der Waals surface area contributed by atoms with Crippen molar-refractivity contribution in [1.82, 2.24) is 4.31 Å². The Morgan fingerprint density at radius 3 is 2.83 bits per heavy atom. The molecule has 0 spiro atoms. The second-order valence-electron chi connectivity index (χ2n) is 6.22. The second-order valence-corrected chi connectivity index (χ2v) is 8.11. The molecule has 1 unspecified atom stereocenters. The molecular weight excluding hydrogens is 314 g/mol. The first-order chi connectivity index (χ1) is 11.0. The molecule has 1 atom stereocenters. The maximum absolute atomic E-state index is 13.0. The van der Waals surface area contributed by atoms with E-state index in [4.69, 9.17) is 5.73 Å². The fourth-order valence-corrected chi connectivity index (χ4v) is 5.13. The molecule has 1 amide bonds. The quantitative estimate of drug-likeness (QED) is 0.873. The summed E-state index contributed by atoms with van der Waals surface area (Å²) < 4.78 is 27.5. The molecule has 3 N–H and O–H groups in total. The minimum atomic E-state index is -3.54. The van der Waals surface area contributed by atoms with Crippen LogP contribution in [0.2, 0.25) is 0 Å². The number of nitrogens with two attached hydrogens (primary N) is 1. The van der Waals surface area contributed by atoms with Crippen molar-refractivity contribution in [2.75, 3.05) is 18.4 Å². The summed E-state index contributed by atoms with van der Waals surface area (Å²) in [6.45, 7) is 0.873. The van der Waals surface area contributed by atoms with Crippen LogP contribution in [0.25, 0.3) is 0 Å². The molecule has 1 saturated heterocycles. The fourth-order valence-electron chi connectivity index (χ4n) is 3.37. The van der Waals surface area contributed by atoms with Gasteiger partial charge >= 0.3 is 0 Å². The van der Waals surface area contributed by atoms with Crippen LogP contribution in [0.5, 0.6) is 0 Å². The van der Waals surface area contributed by atoms with Crippen molar-refractivity contribution in [1.29, 1.82) is 0 Å². The molecule has 0 saturated carbocycles. The maximum Gasteiger partial charge on any atom is 0.243 e. The molecule has 2 heterocycles. The number of anilines is 1. The molecule has 1 aromatic rings. The number of piperidine rings is 1. The van der Waals surface area contributed by atoms with E-state index < -0.39 is 10.0 Å². The average Bonchev–Trinajstić information content (AvgIpc) is 2.74. The number of nitrogens with one attached hydrogen (secondary N) is 1. The van der Waals surface area contributed by atoms with Crippen LogP contribution in [0.15, 0.2) is 23.1 Å². The van der Waals surface area contributed by atoms with Crippen molar-refractivity contribution in [3.8, 4) is 0 Å². The highest BCUT2D eigenvalue weighted by atomic mass is 32.2. The van der Waals surface area contributed by atoms with Gasteiger partial charge in [0.15, 0.2) is 0 Å². The molecule has 6 nitrogen and oxygen atoms in total. The van der Waals surface area contributed by atoms with E-state index in [1.165, 1.54) is 0 Å². The van der Waals surface area contributed by atoms with Gasteiger partial charge < -0.3 is 11.1 Å². The van der Waals surface area contributed by atoms with Gasteiger partial charge in [-0.1, -0.05) is 6.42 Å². The number of amides is 1. The highest BCUT2D eigenvalue weighted by molar-refractivity contribution is 7.89. The zero-order chi connectivity index (χ0) is 16.4. The molecule has 2 aliphatic heterocycles. The van der Waals surface area contributed by atoms with E-state index in [0.29, 0.717) is 30.8 Å². The molecule has 1 fully saturated rings. The van der Waals surface area contributed by atoms with Crippen LogP contribution in [0.1, 0.15) is 37.7 Å². The van der Waals surface area contributed by atoms with E-state index >= 15 is 0 Å². The summed E-state index contributed by atoms with van der Waals surface area (Å²) in [6.07, 6.45) is 4.62. The van der Waals surface area contributed by atoms with Gasteiger partial charge in [0.05, 0.1) is 4.90 Å². The molecule has 2 aliphatic rings. The second kappa shape index (κ2) is 6.59. The van der Waals surface area contributed by atoms with Crippen LogP contribution in [0, 0.1) is 0 Å². The maximum atomic E-state index is 13.0. The first kappa shape index (κ1) is 16.4. The zero-order valence-corrected chi connectivity index (χ0v) is 13.9. The highest BCUT2D eigenvalue weighted by Crippen LogP contribution is 2.29. The van der Waals surface area contributed by atoms with Crippen molar-refractivity contribution < 1.29 is 13.2 Å². The lowest BCUT2D eigenvalue weighted by Gasteiger charge is -2.34. The first-order valence-electron chi connectivity index (χ1n) is 8.17. The van der Waals surface area contributed by atoms with Gasteiger partial charge in [0, 0.05) is 31.2 Å². The highest BCUT2D eigenvalue weighted by Gasteiger charge is 2.33. The summed E-state index contributed by atoms with van der Waals surface area (Å²) in [5.41, 5.74) is 7.37. The SMILES string of the molecule is NCC1CCCCN1S(=O)(=O)c1ccc2c(c1)CCCC(=O)N2. The van der Waals surface area contributed by atoms with Gasteiger partial charge in [0.1, 0.15) is 0 Å². The van der Waals surface area contributed by atoms with Crippen LogP contribution >= 0.6 is 0 Å². The minimum Gasteiger partial charge on any atom is -0.329 e. The standard InChI is InChI=1S/C16H23N3O3S/c17-11-13-5-1-2-9-19(13)23(21,22)14-7-8-15-12(10-14)4-3-6-16(20)18-15/h7-8,10,13H,1-6,9,11,17H2,(H,18,20). The third-order valence-corrected chi connectivity index (χ3v) is 6.60. The van der Waals surface area contributed by atoms with Crippen molar-refractivity contribution in [2.24, 2.45) is 5.73 Å². The molecule has 0 radical (unpaired) electrons. The van der Waals surface area contributed by atoms with Gasteiger partial charge in [0.25, 0.3) is 0 Å². The first-order valence-corrected chi connectivity index (χ1v) is 9.61. The molecule has 0 aromatic heterocycles. The molecule has 1 aromatic carbocycles. The lowest BCUT2D eigenvalue weighted by atomic mass is 10.1. The van der Waals surface area contributed by atoms with E-state index in [-0.39, 0.29) is 11.9 Å². The number of sulfonamides is 1. The summed E-state index contributed by atoms with van der Waals surface area (Å²) in [5, 5.41) is 2.83. The Kier molecular flexibility index (Phi) is 4.70. The van der Waals surface area contributed by atoms with Crippen LogP contribution in [-0.2, 0) is 21.2 Å². The lowest BCUT2D eigenvalue weighted by Crippen LogP contribution is -2.47. The number of benzene rings is 1. The largest absolute Gasteiger partial charge is 0.329 e. The normalized spacial score (nSPS) is 23.0. The Morgan fingerprint density at radius 1 is 1.22 bits per heavy atom. The Hall–Kier alpha value is -1.44. The molecule has 0 bridgehead atoms. The number of fused-ring (bicyclic) bond motifs is 1. The Balaban J connectivity index is 1.94. The summed E-state index contributed by atoms with van der Waals surface area (Å²) in [7, 11) is -3.54. The third-order valence-electron chi connectivity index (χ3n) is 4.65. The predicted molar refractivity (Wildman–Crippen MR) is 88.6 cm³/mol. The topological polar surface area (TPSA) is 92.5 Å². The number of aryl methyl sites for hydroxylation is 1. The van der Waals surface area contributed by atoms with E-state index in [0.717, 1.165) is 36.9 Å². The van der Waals surface area contributed by atoms with Gasteiger partial charge in [-0.05, 0) is 49.4 Å². The van der Waals surface area contributed by atoms with Gasteiger partial charge in [-0.2, -0.15) is 4.31 Å². The number of carbonyl (C=O) groups is 1. The van der Waals surface area contributed by atoms with Crippen molar-refractivity contribution in [2.45, 2.75) is 49.5 Å². The zero-order valence-electron chi connectivity index (χ0n) is 13.1. The van der Waals surface area contributed by atoms with Gasteiger partial charge in [-0.3, -0.25) is 4.79 Å². The van der Waals surface area contributed by atoms with Crippen molar-refractivity contribution >= 4 is 21.6 Å².